The maximum Gasteiger partial charge on any atom is 0.206 e. The molecule has 1 fully saturated rings. The van der Waals surface area contributed by atoms with Gasteiger partial charge in [0.1, 0.15) is 0 Å². The molecule has 0 aromatic rings. The van der Waals surface area contributed by atoms with Crippen LogP contribution in [0.2, 0.25) is 0 Å². The Kier molecular flexibility index (Phi) is 6.67. The summed E-state index contributed by atoms with van der Waals surface area (Å²) in [6.45, 7) is 4.26. The molecule has 0 saturated carbocycles. The number of carbonyl (C=O) groups excluding carboxylic acids is 1. The molecule has 98 valence electrons. The molecule has 2 nitrogen and oxygen atoms in total. The molecular formula is C13H23NOS2. The summed E-state index contributed by atoms with van der Waals surface area (Å²) in [7, 11) is 0. The van der Waals surface area contributed by atoms with Crippen LogP contribution in [0.1, 0.15) is 51.9 Å². The highest BCUT2D eigenvalue weighted by Gasteiger charge is 2.44. The maximum absolute atomic E-state index is 11.9. The third kappa shape index (κ3) is 3.76. The Bertz CT molecular complexity index is 270. The van der Waals surface area contributed by atoms with Crippen molar-refractivity contribution < 1.29 is 4.79 Å². The van der Waals surface area contributed by atoms with Gasteiger partial charge in [-0.25, -0.2) is 0 Å². The first kappa shape index (κ1) is 15.1. The second-order valence-corrected chi connectivity index (χ2v) is 5.58. The monoisotopic (exact) mass is 273 g/mol. The van der Waals surface area contributed by atoms with Crippen molar-refractivity contribution in [1.29, 1.82) is 0 Å². The lowest BCUT2D eigenvalue weighted by atomic mass is 9.91. The molecule has 0 aromatic heterocycles. The van der Waals surface area contributed by atoms with E-state index in [1.807, 2.05) is 0 Å². The molecular weight excluding hydrogens is 250 g/mol. The number of thiocarbonyl (C=S) groups is 1. The SMILES string of the molecule is CCCCCN1CCC[C@@]1(CCC=S)C(=O)S. The van der Waals surface area contributed by atoms with E-state index < -0.39 is 0 Å². The van der Waals surface area contributed by atoms with E-state index in [1.165, 1.54) is 19.3 Å². The average Bonchev–Trinajstić information content (AvgIpc) is 2.71. The van der Waals surface area contributed by atoms with Gasteiger partial charge < -0.3 is 0 Å². The lowest BCUT2D eigenvalue weighted by Crippen LogP contribution is -2.49. The molecule has 0 bridgehead atoms. The minimum atomic E-state index is -0.327. The summed E-state index contributed by atoms with van der Waals surface area (Å²) in [5.41, 5.74) is -0.327. The van der Waals surface area contributed by atoms with Crippen LogP contribution in [0.15, 0.2) is 0 Å². The first-order chi connectivity index (χ1) is 8.17. The van der Waals surface area contributed by atoms with Crippen LogP contribution < -0.4 is 0 Å². The summed E-state index contributed by atoms with van der Waals surface area (Å²) >= 11 is 9.02. The van der Waals surface area contributed by atoms with Crippen molar-refractivity contribution in [3.8, 4) is 0 Å². The lowest BCUT2D eigenvalue weighted by Gasteiger charge is -2.35. The lowest BCUT2D eigenvalue weighted by molar-refractivity contribution is -0.120. The molecule has 0 unspecified atom stereocenters. The molecule has 0 spiro atoms. The highest BCUT2D eigenvalue weighted by molar-refractivity contribution is 7.96. The fourth-order valence-electron chi connectivity index (χ4n) is 2.74. The zero-order chi connectivity index (χ0) is 12.7. The van der Waals surface area contributed by atoms with Crippen LogP contribution in [-0.2, 0) is 4.79 Å². The topological polar surface area (TPSA) is 20.3 Å². The smallest absolute Gasteiger partial charge is 0.206 e. The number of rotatable bonds is 8. The Morgan fingerprint density at radius 2 is 2.29 bits per heavy atom. The molecule has 1 rings (SSSR count). The predicted molar refractivity (Wildman–Crippen MR) is 79.9 cm³/mol. The van der Waals surface area contributed by atoms with Gasteiger partial charge >= 0.3 is 0 Å². The summed E-state index contributed by atoms with van der Waals surface area (Å²) in [5.74, 6) is 0. The highest BCUT2D eigenvalue weighted by atomic mass is 32.1. The molecule has 17 heavy (non-hydrogen) atoms. The number of hydrogen-bond acceptors (Lipinski definition) is 3. The van der Waals surface area contributed by atoms with Crippen LogP contribution in [0.5, 0.6) is 0 Å². The minimum Gasteiger partial charge on any atom is -0.290 e. The Hall–Kier alpha value is 0.0700. The third-order valence-electron chi connectivity index (χ3n) is 3.73. The Morgan fingerprint density at radius 1 is 1.53 bits per heavy atom. The molecule has 0 aliphatic carbocycles. The van der Waals surface area contributed by atoms with Crippen LogP contribution >= 0.6 is 24.8 Å². The molecule has 1 atom stereocenters. The van der Waals surface area contributed by atoms with Gasteiger partial charge in [-0.3, -0.25) is 9.69 Å². The molecule has 0 aromatic carbocycles. The van der Waals surface area contributed by atoms with E-state index in [-0.39, 0.29) is 10.7 Å². The normalized spacial score (nSPS) is 25.1. The summed E-state index contributed by atoms with van der Waals surface area (Å²) in [6, 6.07) is 0. The van der Waals surface area contributed by atoms with E-state index in [4.69, 9.17) is 12.2 Å². The van der Waals surface area contributed by atoms with E-state index in [0.29, 0.717) is 0 Å². The summed E-state index contributed by atoms with van der Waals surface area (Å²) in [4.78, 5) is 14.2. The second-order valence-electron chi connectivity index (χ2n) is 4.84. The van der Waals surface area contributed by atoms with Gasteiger partial charge in [0.05, 0.1) is 5.54 Å². The summed E-state index contributed by atoms with van der Waals surface area (Å²) in [5, 5.41) is 1.77. The van der Waals surface area contributed by atoms with Crippen LogP contribution in [0, 0.1) is 0 Å². The van der Waals surface area contributed by atoms with Crippen molar-refractivity contribution in [2.24, 2.45) is 0 Å². The van der Waals surface area contributed by atoms with E-state index in [0.717, 1.165) is 38.8 Å². The van der Waals surface area contributed by atoms with Crippen molar-refractivity contribution >= 4 is 35.3 Å². The summed E-state index contributed by atoms with van der Waals surface area (Å²) < 4.78 is 0. The van der Waals surface area contributed by atoms with Gasteiger partial charge in [0.2, 0.25) is 5.12 Å². The molecule has 1 aliphatic rings. The van der Waals surface area contributed by atoms with E-state index >= 15 is 0 Å². The quantitative estimate of drug-likeness (QED) is 0.416. The zero-order valence-electron chi connectivity index (χ0n) is 10.7. The van der Waals surface area contributed by atoms with Crippen molar-refractivity contribution in [1.82, 2.24) is 4.90 Å². The fourth-order valence-corrected chi connectivity index (χ4v) is 3.23. The van der Waals surface area contributed by atoms with Gasteiger partial charge in [0.15, 0.2) is 0 Å². The first-order valence-electron chi connectivity index (χ1n) is 6.59. The Balaban J connectivity index is 2.64. The first-order valence-corrected chi connectivity index (χ1v) is 7.51. The number of likely N-dealkylation sites (tertiary alicyclic amines) is 1. The van der Waals surface area contributed by atoms with Crippen molar-refractivity contribution in [2.45, 2.75) is 57.4 Å². The number of hydrogen-bond donors (Lipinski definition) is 1. The van der Waals surface area contributed by atoms with E-state index in [2.05, 4.69) is 24.5 Å². The Labute approximate surface area is 116 Å². The van der Waals surface area contributed by atoms with Gasteiger partial charge in [-0.2, -0.15) is 0 Å². The van der Waals surface area contributed by atoms with E-state index in [9.17, 15) is 4.79 Å². The van der Waals surface area contributed by atoms with Crippen LogP contribution in [0.25, 0.3) is 0 Å². The molecule has 0 amide bonds. The van der Waals surface area contributed by atoms with Gasteiger partial charge in [0, 0.05) is 0 Å². The minimum absolute atomic E-state index is 0.0309. The van der Waals surface area contributed by atoms with Crippen molar-refractivity contribution in [2.75, 3.05) is 13.1 Å². The number of nitrogens with zero attached hydrogens (tertiary/aromatic N) is 1. The van der Waals surface area contributed by atoms with Gasteiger partial charge in [0.25, 0.3) is 0 Å². The van der Waals surface area contributed by atoms with Crippen LogP contribution in [0.3, 0.4) is 0 Å². The van der Waals surface area contributed by atoms with Crippen molar-refractivity contribution in [3.05, 3.63) is 0 Å². The molecule has 1 heterocycles. The number of unbranched alkanes of at least 4 members (excludes halogenated alkanes) is 2. The third-order valence-corrected chi connectivity index (χ3v) is 4.38. The van der Waals surface area contributed by atoms with E-state index in [1.54, 1.807) is 5.37 Å². The largest absolute Gasteiger partial charge is 0.290 e. The predicted octanol–water partition coefficient (Wildman–Crippen LogP) is 3.25. The highest BCUT2D eigenvalue weighted by Crippen LogP contribution is 2.35. The fraction of sp³-hybridized carbons (Fsp3) is 0.846. The van der Waals surface area contributed by atoms with Gasteiger partial charge in [-0.15, -0.1) is 12.6 Å². The van der Waals surface area contributed by atoms with Crippen LogP contribution in [0.4, 0.5) is 0 Å². The summed E-state index contributed by atoms with van der Waals surface area (Å²) in [6.07, 6.45) is 7.35. The Morgan fingerprint density at radius 3 is 2.88 bits per heavy atom. The second kappa shape index (κ2) is 7.49. The molecule has 4 heteroatoms. The standard InChI is InChI=1S/C13H23NOS2/c1-2-3-4-9-14-10-5-7-13(14,12(15)17)8-6-11-16/h11H,2-10H2,1H3,(H,15,17)/t13-/m1/s1. The molecule has 0 radical (unpaired) electrons. The molecule has 1 aliphatic heterocycles. The zero-order valence-corrected chi connectivity index (χ0v) is 12.4. The molecule has 0 N–H and O–H groups in total. The maximum atomic E-state index is 11.9. The van der Waals surface area contributed by atoms with Crippen molar-refractivity contribution in [3.63, 3.8) is 0 Å². The van der Waals surface area contributed by atoms with Gasteiger partial charge in [-0.05, 0) is 50.6 Å². The average molecular weight is 273 g/mol. The van der Waals surface area contributed by atoms with Crippen LogP contribution in [-0.4, -0.2) is 34.0 Å². The number of thiol groups is 1. The molecule has 1 saturated heterocycles. The number of carbonyl (C=O) groups is 1. The van der Waals surface area contributed by atoms with Gasteiger partial charge in [-0.1, -0.05) is 32.0 Å².